The highest BCUT2D eigenvalue weighted by Crippen LogP contribution is 2.31. The third-order valence-electron chi connectivity index (χ3n) is 2.01. The molecular weight excluding hydrogens is 258 g/mol. The van der Waals surface area contributed by atoms with Crippen LogP contribution in [0.5, 0.6) is 0 Å². The van der Waals surface area contributed by atoms with Gasteiger partial charge in [-0.2, -0.15) is 0 Å². The van der Waals surface area contributed by atoms with E-state index in [2.05, 4.69) is 4.98 Å². The predicted octanol–water partition coefficient (Wildman–Crippen LogP) is 3.58. The molecule has 1 heterocycles. The Bertz CT molecular complexity index is 545. The predicted molar refractivity (Wildman–Crippen MR) is 66.8 cm³/mol. The maximum atomic E-state index is 10.7. The first-order valence-corrected chi connectivity index (χ1v) is 5.98. The van der Waals surface area contributed by atoms with E-state index in [0.717, 1.165) is 4.90 Å². The number of hydrogen-bond acceptors (Lipinski definition) is 3. The van der Waals surface area contributed by atoms with Crippen LogP contribution in [0.15, 0.2) is 52.5 Å². The van der Waals surface area contributed by atoms with Gasteiger partial charge < -0.3 is 5.11 Å². The van der Waals surface area contributed by atoms with Gasteiger partial charge in [-0.05, 0) is 18.2 Å². The van der Waals surface area contributed by atoms with E-state index in [1.807, 2.05) is 30.3 Å². The largest absolute Gasteiger partial charge is 0.478 e. The van der Waals surface area contributed by atoms with Gasteiger partial charge in [0, 0.05) is 11.1 Å². The third kappa shape index (κ3) is 2.99. The van der Waals surface area contributed by atoms with Crippen LogP contribution in [0.3, 0.4) is 0 Å². The van der Waals surface area contributed by atoms with Crippen molar-refractivity contribution in [3.8, 4) is 0 Å². The van der Waals surface area contributed by atoms with E-state index in [4.69, 9.17) is 16.7 Å². The standard InChI is InChI=1S/C12H8ClNO2S/c13-10-6-8(12(15)16)7-14-11(10)17-9-4-2-1-3-5-9/h1-7H,(H,15,16). The molecule has 0 saturated heterocycles. The number of halogens is 1. The SMILES string of the molecule is O=C(O)c1cnc(Sc2ccccc2)c(Cl)c1. The molecular formula is C12H8ClNO2S. The van der Waals surface area contributed by atoms with Gasteiger partial charge in [0.2, 0.25) is 0 Å². The van der Waals surface area contributed by atoms with Gasteiger partial charge in [0.15, 0.2) is 0 Å². The van der Waals surface area contributed by atoms with Crippen molar-refractivity contribution in [2.45, 2.75) is 9.92 Å². The second-order valence-electron chi connectivity index (χ2n) is 3.23. The van der Waals surface area contributed by atoms with Crippen molar-refractivity contribution in [1.82, 2.24) is 4.98 Å². The molecule has 0 saturated carbocycles. The molecule has 0 aliphatic carbocycles. The van der Waals surface area contributed by atoms with Crippen molar-refractivity contribution in [1.29, 1.82) is 0 Å². The topological polar surface area (TPSA) is 50.2 Å². The molecule has 1 N–H and O–H groups in total. The summed E-state index contributed by atoms with van der Waals surface area (Å²) < 4.78 is 0. The number of aromatic carboxylic acids is 1. The van der Waals surface area contributed by atoms with Gasteiger partial charge in [-0.25, -0.2) is 9.78 Å². The highest BCUT2D eigenvalue weighted by atomic mass is 35.5. The van der Waals surface area contributed by atoms with E-state index in [-0.39, 0.29) is 5.56 Å². The van der Waals surface area contributed by atoms with Gasteiger partial charge in [-0.1, -0.05) is 41.6 Å². The summed E-state index contributed by atoms with van der Waals surface area (Å²) >= 11 is 7.38. The van der Waals surface area contributed by atoms with Crippen molar-refractivity contribution in [2.75, 3.05) is 0 Å². The fraction of sp³-hybridized carbons (Fsp3) is 0. The zero-order valence-corrected chi connectivity index (χ0v) is 10.2. The Hall–Kier alpha value is -1.52. The number of pyridine rings is 1. The lowest BCUT2D eigenvalue weighted by molar-refractivity contribution is 0.0696. The minimum Gasteiger partial charge on any atom is -0.478 e. The summed E-state index contributed by atoms with van der Waals surface area (Å²) in [7, 11) is 0. The maximum absolute atomic E-state index is 10.7. The van der Waals surface area contributed by atoms with Gasteiger partial charge in [0.05, 0.1) is 10.6 Å². The van der Waals surface area contributed by atoms with Crippen molar-refractivity contribution in [3.63, 3.8) is 0 Å². The van der Waals surface area contributed by atoms with Gasteiger partial charge in [0.25, 0.3) is 0 Å². The van der Waals surface area contributed by atoms with Gasteiger partial charge in [-0.3, -0.25) is 0 Å². The summed E-state index contributed by atoms with van der Waals surface area (Å²) in [5.74, 6) is -1.03. The average Bonchev–Trinajstić information content (AvgIpc) is 2.33. The molecule has 1 aromatic carbocycles. The number of benzene rings is 1. The van der Waals surface area contributed by atoms with Crippen LogP contribution in [-0.4, -0.2) is 16.1 Å². The van der Waals surface area contributed by atoms with E-state index in [1.165, 1.54) is 24.0 Å². The molecule has 1 aromatic heterocycles. The van der Waals surface area contributed by atoms with Crippen LogP contribution in [-0.2, 0) is 0 Å². The van der Waals surface area contributed by atoms with Crippen LogP contribution in [0, 0.1) is 0 Å². The molecule has 0 bridgehead atoms. The third-order valence-corrected chi connectivity index (χ3v) is 3.44. The number of rotatable bonds is 3. The number of carbonyl (C=O) groups is 1. The minimum atomic E-state index is -1.03. The summed E-state index contributed by atoms with van der Waals surface area (Å²) in [6.07, 6.45) is 1.31. The summed E-state index contributed by atoms with van der Waals surface area (Å²) in [5.41, 5.74) is 0.0902. The first-order valence-electron chi connectivity index (χ1n) is 4.78. The summed E-state index contributed by atoms with van der Waals surface area (Å²) in [4.78, 5) is 15.8. The Kier molecular flexibility index (Phi) is 3.66. The molecule has 5 heteroatoms. The monoisotopic (exact) mass is 265 g/mol. The van der Waals surface area contributed by atoms with Crippen LogP contribution in [0.25, 0.3) is 0 Å². The van der Waals surface area contributed by atoms with E-state index in [0.29, 0.717) is 10.0 Å². The molecule has 2 aromatic rings. The van der Waals surface area contributed by atoms with Gasteiger partial charge in [0.1, 0.15) is 5.03 Å². The van der Waals surface area contributed by atoms with Crippen LogP contribution in [0.2, 0.25) is 5.02 Å². The number of aromatic nitrogens is 1. The molecule has 0 amide bonds. The summed E-state index contributed by atoms with van der Waals surface area (Å²) in [6, 6.07) is 11.0. The van der Waals surface area contributed by atoms with Crippen LogP contribution in [0.1, 0.15) is 10.4 Å². The Labute approximate surface area is 107 Å². The molecule has 0 unspecified atom stereocenters. The lowest BCUT2D eigenvalue weighted by atomic mass is 10.3. The van der Waals surface area contributed by atoms with Crippen LogP contribution < -0.4 is 0 Å². The second-order valence-corrected chi connectivity index (χ2v) is 4.70. The molecule has 86 valence electrons. The smallest absolute Gasteiger partial charge is 0.337 e. The minimum absolute atomic E-state index is 0.0902. The van der Waals surface area contributed by atoms with Crippen molar-refractivity contribution in [3.05, 3.63) is 53.2 Å². The maximum Gasteiger partial charge on any atom is 0.337 e. The normalized spacial score (nSPS) is 10.2. The first-order chi connectivity index (χ1) is 8.16. The molecule has 3 nitrogen and oxygen atoms in total. The van der Waals surface area contributed by atoms with Gasteiger partial charge in [-0.15, -0.1) is 0 Å². The second kappa shape index (κ2) is 5.21. The molecule has 0 radical (unpaired) electrons. The molecule has 0 fully saturated rings. The van der Waals surface area contributed by atoms with Crippen molar-refractivity contribution in [2.24, 2.45) is 0 Å². The van der Waals surface area contributed by atoms with E-state index >= 15 is 0 Å². The molecule has 0 atom stereocenters. The molecule has 0 aliphatic rings. The fourth-order valence-electron chi connectivity index (χ4n) is 1.22. The number of hydrogen-bond donors (Lipinski definition) is 1. The zero-order chi connectivity index (χ0) is 12.3. The lowest BCUT2D eigenvalue weighted by Gasteiger charge is -2.03. The first kappa shape index (κ1) is 12.0. The lowest BCUT2D eigenvalue weighted by Crippen LogP contribution is -1.97. The highest BCUT2D eigenvalue weighted by molar-refractivity contribution is 7.99. The fourth-order valence-corrected chi connectivity index (χ4v) is 2.28. The Balaban J connectivity index is 2.26. The molecule has 0 spiro atoms. The summed E-state index contributed by atoms with van der Waals surface area (Å²) in [6.45, 7) is 0. The molecule has 0 aliphatic heterocycles. The average molecular weight is 266 g/mol. The number of nitrogens with zero attached hydrogens (tertiary/aromatic N) is 1. The Morgan fingerprint density at radius 3 is 2.59 bits per heavy atom. The van der Waals surface area contributed by atoms with E-state index in [1.54, 1.807) is 0 Å². The quantitative estimate of drug-likeness (QED) is 0.921. The number of carboxylic acid groups (broad SMARTS) is 1. The van der Waals surface area contributed by atoms with Crippen molar-refractivity contribution < 1.29 is 9.90 Å². The van der Waals surface area contributed by atoms with Crippen LogP contribution in [0.4, 0.5) is 0 Å². The zero-order valence-electron chi connectivity index (χ0n) is 8.63. The van der Waals surface area contributed by atoms with Gasteiger partial charge >= 0.3 is 5.97 Å². The highest BCUT2D eigenvalue weighted by Gasteiger charge is 2.09. The summed E-state index contributed by atoms with van der Waals surface area (Å²) in [5, 5.41) is 9.73. The number of carboxylic acids is 1. The van der Waals surface area contributed by atoms with E-state index < -0.39 is 5.97 Å². The van der Waals surface area contributed by atoms with Crippen molar-refractivity contribution >= 4 is 29.3 Å². The Morgan fingerprint density at radius 2 is 2.00 bits per heavy atom. The van der Waals surface area contributed by atoms with Crippen LogP contribution >= 0.6 is 23.4 Å². The Morgan fingerprint density at radius 1 is 1.29 bits per heavy atom. The molecule has 2 rings (SSSR count). The molecule has 17 heavy (non-hydrogen) atoms. The van der Waals surface area contributed by atoms with E-state index in [9.17, 15) is 4.79 Å².